The van der Waals surface area contributed by atoms with Gasteiger partial charge in [-0.1, -0.05) is 54.9 Å². The fourth-order valence-corrected chi connectivity index (χ4v) is 8.41. The second-order valence-corrected chi connectivity index (χ2v) is 16.8. The van der Waals surface area contributed by atoms with Crippen molar-refractivity contribution in [2.24, 2.45) is 0 Å². The van der Waals surface area contributed by atoms with Gasteiger partial charge in [0.05, 0.1) is 51.7 Å². The number of carboxylic acid groups (broad SMARTS) is 1. The highest BCUT2D eigenvalue weighted by Crippen LogP contribution is 2.40. The van der Waals surface area contributed by atoms with Gasteiger partial charge in [-0.2, -0.15) is 0 Å². The van der Waals surface area contributed by atoms with E-state index < -0.39 is 23.2 Å². The smallest absolute Gasteiger partial charge is 0.321 e. The summed E-state index contributed by atoms with van der Waals surface area (Å²) in [6.45, 7) is 5.06. The number of quaternary nitrogens is 1. The molecule has 1 heterocycles. The number of unbranched alkanes of at least 4 members (excludes halogenated alkanes) is 1. The summed E-state index contributed by atoms with van der Waals surface area (Å²) in [6, 6.07) is 14.2. The van der Waals surface area contributed by atoms with Crippen LogP contribution in [-0.4, -0.2) is 77.7 Å². The van der Waals surface area contributed by atoms with Gasteiger partial charge in [-0.15, -0.1) is 0 Å². The van der Waals surface area contributed by atoms with Crippen molar-refractivity contribution in [3.63, 3.8) is 0 Å². The van der Waals surface area contributed by atoms with E-state index in [1.54, 1.807) is 49.3 Å². The van der Waals surface area contributed by atoms with Crippen molar-refractivity contribution in [3.8, 4) is 11.4 Å². The Balaban J connectivity index is 1.57. The standard InChI is InChI=1S/C36H43Cl2F2N4O3PS/c1-36(2,23-11-16-28(37)32(18-23)47-7)33-21-41-35(43(33)25-14-12-24(39)13-15-25)49-22-27-29(38)19-26(20-30(27)40)48-42(3)31(34(45)46)10-8-9-17-44(4,5)6/h11-16,18-21,31,48H,8-10,17,22H2,1-7H3/p+1. The Hall–Kier alpha value is -2.72. The summed E-state index contributed by atoms with van der Waals surface area (Å²) in [5.41, 5.74) is 2.17. The van der Waals surface area contributed by atoms with Gasteiger partial charge in [0.25, 0.3) is 0 Å². The molecule has 0 aliphatic carbocycles. The van der Waals surface area contributed by atoms with Crippen LogP contribution in [0, 0.1) is 11.6 Å². The van der Waals surface area contributed by atoms with Crippen molar-refractivity contribution in [1.82, 2.24) is 14.2 Å². The lowest BCUT2D eigenvalue weighted by atomic mass is 9.81. The van der Waals surface area contributed by atoms with E-state index in [-0.39, 0.29) is 25.3 Å². The maximum atomic E-state index is 15.7. The SMILES string of the molecule is COc1cc(C(C)(C)c2cnc(SCc3c(F)cc(PN(C)C(CCCC[N+](C)(C)C)C(=O)O)cc3Cl)n2-c2ccc(F)cc2)ccc1Cl. The molecule has 0 saturated heterocycles. The molecule has 0 amide bonds. The molecular weight excluding hydrogens is 708 g/mol. The van der Waals surface area contributed by atoms with Gasteiger partial charge >= 0.3 is 5.97 Å². The Labute approximate surface area is 304 Å². The molecule has 4 aromatic rings. The Bertz CT molecular complexity index is 1740. The molecule has 0 saturated carbocycles. The lowest BCUT2D eigenvalue weighted by molar-refractivity contribution is -0.870. The van der Waals surface area contributed by atoms with Crippen LogP contribution in [0.3, 0.4) is 0 Å². The number of imidazole rings is 1. The summed E-state index contributed by atoms with van der Waals surface area (Å²) in [5, 5.41) is 11.8. The molecule has 1 aromatic heterocycles. The lowest BCUT2D eigenvalue weighted by Crippen LogP contribution is -2.36. The molecule has 7 nitrogen and oxygen atoms in total. The average Bonchev–Trinajstić information content (AvgIpc) is 3.45. The van der Waals surface area contributed by atoms with Crippen molar-refractivity contribution in [2.45, 2.75) is 55.5 Å². The predicted molar refractivity (Wildman–Crippen MR) is 199 cm³/mol. The van der Waals surface area contributed by atoms with Gasteiger partial charge in [0.1, 0.15) is 23.4 Å². The number of nitrogens with zero attached hydrogens (tertiary/aromatic N) is 4. The third-order valence-electron chi connectivity index (χ3n) is 8.43. The van der Waals surface area contributed by atoms with Crippen molar-refractivity contribution in [1.29, 1.82) is 0 Å². The summed E-state index contributed by atoms with van der Waals surface area (Å²) in [5.74, 6) is -1.00. The largest absolute Gasteiger partial charge is 0.495 e. The molecule has 1 N–H and O–H groups in total. The molecule has 3 aromatic carbocycles. The molecule has 0 spiro atoms. The summed E-state index contributed by atoms with van der Waals surface area (Å²) in [6.07, 6.45) is 3.99. The Morgan fingerprint density at radius 3 is 2.39 bits per heavy atom. The number of thioether (sulfide) groups is 1. The molecule has 0 fully saturated rings. The van der Waals surface area contributed by atoms with Crippen molar-refractivity contribution in [3.05, 3.63) is 99.3 Å². The van der Waals surface area contributed by atoms with Crippen LogP contribution in [0.15, 0.2) is 66.0 Å². The molecule has 0 aliphatic heterocycles. The van der Waals surface area contributed by atoms with Crippen molar-refractivity contribution < 1.29 is 27.9 Å². The van der Waals surface area contributed by atoms with Crippen LogP contribution in [-0.2, 0) is 16.0 Å². The summed E-state index contributed by atoms with van der Waals surface area (Å²) in [7, 11) is 9.58. The zero-order valence-corrected chi connectivity index (χ0v) is 32.2. The maximum Gasteiger partial charge on any atom is 0.321 e. The molecule has 13 heteroatoms. The quantitative estimate of drug-likeness (QED) is 0.0536. The molecule has 0 aliphatic rings. The minimum absolute atomic E-state index is 0.0716. The normalized spacial score (nSPS) is 13.1. The minimum Gasteiger partial charge on any atom is -0.495 e. The highest BCUT2D eigenvalue weighted by Gasteiger charge is 2.31. The number of ether oxygens (including phenoxy) is 1. The molecule has 0 bridgehead atoms. The van der Waals surface area contributed by atoms with E-state index in [2.05, 4.69) is 21.1 Å². The van der Waals surface area contributed by atoms with Gasteiger partial charge in [-0.05, 0) is 94.4 Å². The second-order valence-electron chi connectivity index (χ2n) is 13.5. The van der Waals surface area contributed by atoms with E-state index in [1.165, 1.54) is 30.0 Å². The van der Waals surface area contributed by atoms with Crippen LogP contribution in [0.2, 0.25) is 10.0 Å². The molecule has 0 radical (unpaired) electrons. The summed E-state index contributed by atoms with van der Waals surface area (Å²) >= 11 is 14.3. The lowest BCUT2D eigenvalue weighted by Gasteiger charge is -2.28. The number of halogens is 4. The third-order valence-corrected chi connectivity index (χ3v) is 11.3. The second kappa shape index (κ2) is 16.5. The fourth-order valence-electron chi connectivity index (χ4n) is 5.54. The zero-order valence-electron chi connectivity index (χ0n) is 28.9. The first-order valence-corrected chi connectivity index (χ1v) is 18.5. The van der Waals surface area contributed by atoms with Crippen LogP contribution >= 0.6 is 43.7 Å². The zero-order chi connectivity index (χ0) is 36.1. The van der Waals surface area contributed by atoms with Crippen LogP contribution in [0.5, 0.6) is 5.75 Å². The fraction of sp³-hybridized carbons (Fsp3) is 0.389. The first-order valence-electron chi connectivity index (χ1n) is 15.8. The van der Waals surface area contributed by atoms with Gasteiger partial charge in [-0.3, -0.25) is 14.0 Å². The van der Waals surface area contributed by atoms with Gasteiger partial charge in [0, 0.05) is 27.4 Å². The Morgan fingerprint density at radius 1 is 1.08 bits per heavy atom. The highest BCUT2D eigenvalue weighted by atomic mass is 35.5. The topological polar surface area (TPSA) is 67.6 Å². The van der Waals surface area contributed by atoms with Gasteiger partial charge in [0.2, 0.25) is 0 Å². The number of hydrogen-bond acceptors (Lipinski definition) is 5. The third kappa shape index (κ3) is 9.96. The molecular formula is C36H44Cl2F2N4O3PS+. The molecule has 2 atom stereocenters. The van der Waals surface area contributed by atoms with Crippen LogP contribution < -0.4 is 10.0 Å². The molecule has 4 rings (SSSR count). The predicted octanol–water partition coefficient (Wildman–Crippen LogP) is 8.56. The number of benzene rings is 3. The molecule has 264 valence electrons. The van der Waals surface area contributed by atoms with E-state index in [0.717, 1.165) is 35.1 Å². The average molecular weight is 753 g/mol. The number of carboxylic acids is 1. The number of aromatic nitrogens is 2. The van der Waals surface area contributed by atoms with Crippen LogP contribution in [0.4, 0.5) is 8.78 Å². The van der Waals surface area contributed by atoms with E-state index in [4.69, 9.17) is 32.9 Å². The molecule has 49 heavy (non-hydrogen) atoms. The summed E-state index contributed by atoms with van der Waals surface area (Å²) in [4.78, 5) is 16.8. The monoisotopic (exact) mass is 751 g/mol. The first-order chi connectivity index (χ1) is 23.0. The highest BCUT2D eigenvalue weighted by molar-refractivity contribution is 7.98. The van der Waals surface area contributed by atoms with E-state index >= 15 is 4.39 Å². The van der Waals surface area contributed by atoms with E-state index in [1.807, 2.05) is 30.5 Å². The number of likely N-dealkylation sites (N-methyl/N-ethyl adjacent to an activating group) is 1. The molecule has 2 unspecified atom stereocenters. The van der Waals surface area contributed by atoms with Crippen molar-refractivity contribution >= 4 is 55.0 Å². The first kappa shape index (κ1) is 39.1. The van der Waals surface area contributed by atoms with Crippen LogP contribution in [0.1, 0.15) is 49.9 Å². The van der Waals surface area contributed by atoms with E-state index in [9.17, 15) is 14.3 Å². The maximum absolute atomic E-state index is 15.7. The van der Waals surface area contributed by atoms with Gasteiger partial charge < -0.3 is 14.3 Å². The summed E-state index contributed by atoms with van der Waals surface area (Å²) < 4.78 is 39.6. The minimum atomic E-state index is -0.894. The number of rotatable bonds is 16. The van der Waals surface area contributed by atoms with E-state index in [0.29, 0.717) is 38.9 Å². The number of carbonyl (C=O) groups is 1. The van der Waals surface area contributed by atoms with Crippen molar-refractivity contribution in [2.75, 3.05) is 41.8 Å². The van der Waals surface area contributed by atoms with Crippen LogP contribution in [0.25, 0.3) is 5.69 Å². The number of methoxy groups -OCH3 is 1. The number of aliphatic carboxylic acids is 1. The Morgan fingerprint density at radius 2 is 1.78 bits per heavy atom. The van der Waals surface area contributed by atoms with Gasteiger partial charge in [-0.25, -0.2) is 13.8 Å². The Kier molecular flexibility index (Phi) is 13.2. The van der Waals surface area contributed by atoms with Gasteiger partial charge in [0.15, 0.2) is 5.16 Å². The number of hydrogen-bond donors (Lipinski definition) is 1.